The molecule has 0 saturated carbocycles. The van der Waals surface area contributed by atoms with E-state index in [0.717, 1.165) is 5.56 Å². The molecule has 0 bridgehead atoms. The summed E-state index contributed by atoms with van der Waals surface area (Å²) in [5, 5.41) is 35.5. The van der Waals surface area contributed by atoms with Gasteiger partial charge in [-0.25, -0.2) is 0 Å². The molecule has 0 aliphatic rings. The molecule has 0 unspecified atom stereocenters. The molecule has 0 fully saturated rings. The molecule has 170 valence electrons. The van der Waals surface area contributed by atoms with Gasteiger partial charge < -0.3 is 24.6 Å². The molecule has 0 spiro atoms. The largest absolute Gasteiger partial charge is 0.503 e. The molecule has 8 nitrogen and oxygen atoms in total. The molecule has 0 aliphatic carbocycles. The van der Waals surface area contributed by atoms with Gasteiger partial charge in [0, 0.05) is 22.9 Å². The molecule has 3 N–H and O–H groups in total. The lowest BCUT2D eigenvalue weighted by Gasteiger charge is -2.21. The number of ketones is 1. The van der Waals surface area contributed by atoms with Crippen molar-refractivity contribution in [1.82, 2.24) is 9.72 Å². The molecule has 0 aliphatic heterocycles. The van der Waals surface area contributed by atoms with Gasteiger partial charge in [-0.05, 0) is 24.3 Å². The number of aliphatic hydroxyl groups excluding tert-OH is 1. The third-order valence-corrected chi connectivity index (χ3v) is 5.58. The zero-order valence-corrected chi connectivity index (χ0v) is 18.4. The maximum absolute atomic E-state index is 13.4. The zero-order valence-electron chi connectivity index (χ0n) is 18.4. The normalized spacial score (nSPS) is 11.5. The van der Waals surface area contributed by atoms with Crippen LogP contribution in [0.25, 0.3) is 28.2 Å². The van der Waals surface area contributed by atoms with E-state index in [1.54, 1.807) is 68.4 Å². The maximum Gasteiger partial charge on any atom is 0.240 e. The minimum absolute atomic E-state index is 0.100. The summed E-state index contributed by atoms with van der Waals surface area (Å²) in [6, 6.07) is 15.8. The second kappa shape index (κ2) is 8.48. The van der Waals surface area contributed by atoms with E-state index < -0.39 is 29.4 Å². The van der Waals surface area contributed by atoms with Crippen molar-refractivity contribution in [3.05, 3.63) is 66.4 Å². The number of nitrogens with zero attached hydrogens (tertiary/aromatic N) is 2. The van der Waals surface area contributed by atoms with E-state index in [4.69, 9.17) is 9.26 Å². The number of methoxy groups -OCH3 is 1. The number of para-hydroxylation sites is 1. The molecule has 2 heterocycles. The van der Waals surface area contributed by atoms with Crippen LogP contribution < -0.4 is 4.74 Å². The number of benzene rings is 2. The van der Waals surface area contributed by atoms with E-state index in [1.807, 2.05) is 0 Å². The van der Waals surface area contributed by atoms with Crippen LogP contribution in [0.15, 0.2) is 65.4 Å². The summed E-state index contributed by atoms with van der Waals surface area (Å²) in [5.74, 6) is -1.13. The Bertz CT molecular complexity index is 1290. The second-order valence-electron chi connectivity index (χ2n) is 8.23. The minimum atomic E-state index is -1.19. The number of aliphatic hydroxyl groups is 1. The van der Waals surface area contributed by atoms with Gasteiger partial charge in [-0.2, -0.15) is 0 Å². The van der Waals surface area contributed by atoms with E-state index in [-0.39, 0.29) is 11.3 Å². The van der Waals surface area contributed by atoms with Crippen molar-refractivity contribution in [2.24, 2.45) is 5.41 Å². The first kappa shape index (κ1) is 22.2. The van der Waals surface area contributed by atoms with E-state index in [9.17, 15) is 20.1 Å². The van der Waals surface area contributed by atoms with Crippen molar-refractivity contribution in [2.75, 3.05) is 13.7 Å². The van der Waals surface area contributed by atoms with Crippen molar-refractivity contribution >= 4 is 5.78 Å². The highest BCUT2D eigenvalue weighted by atomic mass is 16.5. The number of carbonyl (C=O) groups excluding carboxylic acids is 1. The Morgan fingerprint density at radius 2 is 1.79 bits per heavy atom. The van der Waals surface area contributed by atoms with Crippen LogP contribution in [0.3, 0.4) is 0 Å². The second-order valence-corrected chi connectivity index (χ2v) is 8.23. The van der Waals surface area contributed by atoms with Gasteiger partial charge in [-0.15, -0.1) is 0 Å². The Kier molecular flexibility index (Phi) is 5.69. The van der Waals surface area contributed by atoms with Crippen LogP contribution in [0.5, 0.6) is 17.4 Å². The highest BCUT2D eigenvalue weighted by molar-refractivity contribution is 6.09. The van der Waals surface area contributed by atoms with E-state index >= 15 is 0 Å². The van der Waals surface area contributed by atoms with Crippen LogP contribution in [0.2, 0.25) is 0 Å². The van der Waals surface area contributed by atoms with Crippen LogP contribution in [-0.2, 0) is 0 Å². The number of Topliss-reactive ketones (excluding diaryl/α,β-unsaturated/α-hetero) is 1. The molecule has 0 saturated heterocycles. The lowest BCUT2D eigenvalue weighted by Crippen LogP contribution is -2.28. The number of ether oxygens (including phenoxy) is 1. The Balaban J connectivity index is 1.99. The number of hydrogen-bond acceptors (Lipinski definition) is 7. The highest BCUT2D eigenvalue weighted by Crippen LogP contribution is 2.47. The first-order valence-electron chi connectivity index (χ1n) is 10.3. The van der Waals surface area contributed by atoms with Gasteiger partial charge >= 0.3 is 0 Å². The topological polar surface area (TPSA) is 118 Å². The first-order valence-corrected chi connectivity index (χ1v) is 10.3. The first-order chi connectivity index (χ1) is 15.8. The summed E-state index contributed by atoms with van der Waals surface area (Å²) in [4.78, 5) is 13.4. The minimum Gasteiger partial charge on any atom is -0.503 e. The summed E-state index contributed by atoms with van der Waals surface area (Å²) >= 11 is 0. The smallest absolute Gasteiger partial charge is 0.240 e. The number of carbonyl (C=O) groups is 1. The van der Waals surface area contributed by atoms with E-state index in [2.05, 4.69) is 5.16 Å². The maximum atomic E-state index is 13.4. The summed E-state index contributed by atoms with van der Waals surface area (Å²) in [5.41, 5.74) is 1.39. The van der Waals surface area contributed by atoms with Crippen molar-refractivity contribution in [2.45, 2.75) is 13.8 Å². The molecule has 0 atom stereocenters. The number of aromatic hydroxyl groups is 2. The lowest BCUT2D eigenvalue weighted by molar-refractivity contribution is 0.0723. The number of aromatic nitrogens is 2. The van der Waals surface area contributed by atoms with E-state index in [1.165, 1.54) is 17.9 Å². The molecule has 33 heavy (non-hydrogen) atoms. The van der Waals surface area contributed by atoms with Crippen molar-refractivity contribution in [3.8, 4) is 45.6 Å². The molecule has 8 heteroatoms. The highest BCUT2D eigenvalue weighted by Gasteiger charge is 2.37. The predicted molar refractivity (Wildman–Crippen MR) is 122 cm³/mol. The molecule has 2 aromatic carbocycles. The van der Waals surface area contributed by atoms with Crippen molar-refractivity contribution < 1.29 is 29.4 Å². The van der Waals surface area contributed by atoms with Crippen LogP contribution in [0.1, 0.15) is 24.2 Å². The molecular weight excluding hydrogens is 424 g/mol. The predicted octanol–water partition coefficient (Wildman–Crippen LogP) is 4.42. The van der Waals surface area contributed by atoms with Gasteiger partial charge in [0.2, 0.25) is 5.88 Å². The Morgan fingerprint density at radius 1 is 1.09 bits per heavy atom. The fourth-order valence-electron chi connectivity index (χ4n) is 3.66. The van der Waals surface area contributed by atoms with Crippen LogP contribution in [0.4, 0.5) is 0 Å². The number of hydrogen-bond donors (Lipinski definition) is 3. The molecule has 0 radical (unpaired) electrons. The molecular formula is C25H24N2O6. The fourth-order valence-corrected chi connectivity index (χ4v) is 3.66. The van der Waals surface area contributed by atoms with Crippen LogP contribution >= 0.6 is 0 Å². The van der Waals surface area contributed by atoms with Crippen LogP contribution in [0, 0.1) is 5.41 Å². The van der Waals surface area contributed by atoms with Crippen molar-refractivity contribution in [1.29, 1.82) is 0 Å². The molecule has 4 aromatic rings. The number of rotatable bonds is 7. The van der Waals surface area contributed by atoms with Crippen LogP contribution in [-0.4, -0.2) is 44.5 Å². The van der Waals surface area contributed by atoms with Gasteiger partial charge in [-0.1, -0.05) is 43.3 Å². The SMILES string of the molecule is COc1ccccc1-c1c(C(=O)C(C)(C)CO)c(O)c(O)n1-c1ccc(-c2ccon2)cc1. The Labute approximate surface area is 190 Å². The molecule has 2 aromatic heterocycles. The Morgan fingerprint density at radius 3 is 2.39 bits per heavy atom. The molecule has 4 rings (SSSR count). The monoisotopic (exact) mass is 448 g/mol. The third kappa shape index (κ3) is 3.74. The van der Waals surface area contributed by atoms with Gasteiger partial charge in [0.15, 0.2) is 11.5 Å². The van der Waals surface area contributed by atoms with E-state index in [0.29, 0.717) is 22.7 Å². The fraction of sp³-hybridized carbons (Fsp3) is 0.200. The van der Waals surface area contributed by atoms with Gasteiger partial charge in [0.05, 0.1) is 30.4 Å². The summed E-state index contributed by atoms with van der Waals surface area (Å²) in [6.07, 6.45) is 1.47. The summed E-state index contributed by atoms with van der Waals surface area (Å²) in [7, 11) is 1.50. The van der Waals surface area contributed by atoms with Crippen molar-refractivity contribution in [3.63, 3.8) is 0 Å². The average Bonchev–Trinajstić information content (AvgIpc) is 3.46. The third-order valence-electron chi connectivity index (χ3n) is 5.58. The standard InChI is InChI=1S/C25H24N2O6/c1-25(2,14-28)23(30)20-21(17-6-4-5-7-19(17)32-3)27(24(31)22(20)29)16-10-8-15(9-11-16)18-12-13-33-26-18/h4-13,28-29,31H,14H2,1-3H3. The quantitative estimate of drug-likeness (QED) is 0.358. The van der Waals surface area contributed by atoms with Gasteiger partial charge in [0.25, 0.3) is 0 Å². The van der Waals surface area contributed by atoms with Gasteiger partial charge in [-0.3, -0.25) is 9.36 Å². The Hall–Kier alpha value is -4.04. The zero-order chi connectivity index (χ0) is 23.8. The van der Waals surface area contributed by atoms with Gasteiger partial charge in [0.1, 0.15) is 17.7 Å². The summed E-state index contributed by atoms with van der Waals surface area (Å²) < 4.78 is 11.8. The average molecular weight is 448 g/mol. The molecule has 0 amide bonds. The summed E-state index contributed by atoms with van der Waals surface area (Å²) in [6.45, 7) is 2.71. The lowest BCUT2D eigenvalue weighted by atomic mass is 9.84.